The Morgan fingerprint density at radius 2 is 1.85 bits per heavy atom. The average Bonchev–Trinajstić information content (AvgIpc) is 2.75. The minimum absolute atomic E-state index is 0.000505. The molecule has 27 heavy (non-hydrogen) atoms. The summed E-state index contributed by atoms with van der Waals surface area (Å²) in [4.78, 5) is 49.0. The maximum absolute atomic E-state index is 12.5. The van der Waals surface area contributed by atoms with Gasteiger partial charge in [-0.25, -0.2) is 4.99 Å². The lowest BCUT2D eigenvalue weighted by Crippen LogP contribution is -2.47. The van der Waals surface area contributed by atoms with Crippen LogP contribution >= 0.6 is 0 Å². The standard InChI is InChI=1S/C15H16N10O2/c1-4-7-5(2-18-10-8(20-7)12(26)23-14(16)21-10)6-3-19-11-9(25(4)6)13(27)24-15(17)22-11/h5-6H,2-3H2,1H3,(H3,16,18,21,23,26)(H4,17,19,22,24,27)/t5-,6-/m0/s1. The van der Waals surface area contributed by atoms with E-state index in [0.29, 0.717) is 30.3 Å². The maximum Gasteiger partial charge on any atom is 0.280 e. The predicted molar refractivity (Wildman–Crippen MR) is 96.7 cm³/mol. The molecule has 138 valence electrons. The maximum atomic E-state index is 12.5. The van der Waals surface area contributed by atoms with Crippen molar-refractivity contribution in [3.05, 3.63) is 42.9 Å². The quantitative estimate of drug-likeness (QED) is 0.336. The summed E-state index contributed by atoms with van der Waals surface area (Å²) < 4.78 is 0. The van der Waals surface area contributed by atoms with Crippen LogP contribution in [0.3, 0.4) is 0 Å². The Morgan fingerprint density at radius 1 is 1.11 bits per heavy atom. The lowest BCUT2D eigenvalue weighted by Gasteiger charge is -2.35. The van der Waals surface area contributed by atoms with Gasteiger partial charge in [-0.2, -0.15) is 9.97 Å². The van der Waals surface area contributed by atoms with E-state index in [1.807, 2.05) is 11.8 Å². The number of hydrogen-bond donors (Lipinski definition) is 5. The lowest BCUT2D eigenvalue weighted by atomic mass is 9.98. The minimum Gasteiger partial charge on any atom is -0.369 e. The smallest absolute Gasteiger partial charge is 0.280 e. The molecule has 5 heterocycles. The molecular weight excluding hydrogens is 352 g/mol. The van der Waals surface area contributed by atoms with E-state index < -0.39 is 5.56 Å². The fraction of sp³-hybridized carbons (Fsp3) is 0.333. The molecule has 0 aliphatic carbocycles. The molecule has 2 aromatic rings. The highest BCUT2D eigenvalue weighted by Crippen LogP contribution is 2.42. The summed E-state index contributed by atoms with van der Waals surface area (Å²) >= 11 is 0. The first-order valence-electron chi connectivity index (χ1n) is 8.36. The van der Waals surface area contributed by atoms with E-state index in [9.17, 15) is 9.59 Å². The van der Waals surface area contributed by atoms with Crippen LogP contribution in [0, 0.1) is 5.92 Å². The van der Waals surface area contributed by atoms with E-state index in [2.05, 4.69) is 35.2 Å². The second-order valence-electron chi connectivity index (χ2n) is 6.62. The molecule has 2 atom stereocenters. The fourth-order valence-corrected chi connectivity index (χ4v) is 3.96. The van der Waals surface area contributed by atoms with E-state index >= 15 is 0 Å². The number of nitrogen functional groups attached to an aromatic ring is 2. The number of aromatic nitrogens is 4. The summed E-state index contributed by atoms with van der Waals surface area (Å²) in [5, 5.41) is 3.29. The van der Waals surface area contributed by atoms with Crippen LogP contribution in [0.25, 0.3) is 0 Å². The molecule has 0 bridgehead atoms. The van der Waals surface area contributed by atoms with Gasteiger partial charge in [0.1, 0.15) is 0 Å². The fourth-order valence-electron chi connectivity index (χ4n) is 3.96. The third-order valence-electron chi connectivity index (χ3n) is 5.08. The molecule has 12 heteroatoms. The first-order valence-corrected chi connectivity index (χ1v) is 8.36. The molecule has 0 spiro atoms. The van der Waals surface area contributed by atoms with Crippen molar-refractivity contribution in [2.75, 3.05) is 34.8 Å². The molecule has 0 amide bonds. The summed E-state index contributed by atoms with van der Waals surface area (Å²) in [6, 6.07) is -0.0998. The number of nitrogens with zero attached hydrogens (tertiary/aromatic N) is 5. The van der Waals surface area contributed by atoms with Gasteiger partial charge in [0, 0.05) is 18.2 Å². The second kappa shape index (κ2) is 5.16. The van der Waals surface area contributed by atoms with Crippen molar-refractivity contribution in [2.24, 2.45) is 15.9 Å². The van der Waals surface area contributed by atoms with Crippen molar-refractivity contribution in [1.82, 2.24) is 19.9 Å². The highest BCUT2D eigenvalue weighted by atomic mass is 16.1. The third-order valence-corrected chi connectivity index (χ3v) is 5.08. The van der Waals surface area contributed by atoms with Gasteiger partial charge in [-0.3, -0.25) is 24.5 Å². The van der Waals surface area contributed by atoms with E-state index in [1.165, 1.54) is 0 Å². The van der Waals surface area contributed by atoms with Gasteiger partial charge < -0.3 is 21.7 Å². The number of hydrogen-bond acceptors (Lipinski definition) is 10. The van der Waals surface area contributed by atoms with Crippen molar-refractivity contribution >= 4 is 23.4 Å². The van der Waals surface area contributed by atoms with E-state index in [1.54, 1.807) is 0 Å². The molecule has 0 radical (unpaired) electrons. The van der Waals surface area contributed by atoms with Gasteiger partial charge in [0.2, 0.25) is 11.9 Å². The Balaban J connectivity index is 1.76. The summed E-state index contributed by atoms with van der Waals surface area (Å²) in [6.45, 7) is 2.76. The van der Waals surface area contributed by atoms with Crippen LogP contribution in [0.4, 0.5) is 23.4 Å². The molecule has 3 aliphatic heterocycles. The largest absolute Gasteiger partial charge is 0.369 e. The van der Waals surface area contributed by atoms with Crippen molar-refractivity contribution in [2.45, 2.75) is 13.0 Å². The Labute approximate surface area is 150 Å². The molecule has 0 aromatic carbocycles. The lowest BCUT2D eigenvalue weighted by molar-refractivity contribution is 0.513. The van der Waals surface area contributed by atoms with E-state index in [4.69, 9.17) is 11.5 Å². The normalized spacial score (nSPS) is 22.5. The molecule has 12 nitrogen and oxygen atoms in total. The van der Waals surface area contributed by atoms with Gasteiger partial charge in [-0.15, -0.1) is 0 Å². The van der Waals surface area contributed by atoms with Gasteiger partial charge >= 0.3 is 0 Å². The zero-order valence-corrected chi connectivity index (χ0v) is 14.3. The summed E-state index contributed by atoms with van der Waals surface area (Å²) in [5.41, 5.74) is 12.6. The Bertz CT molecular complexity index is 1260. The van der Waals surface area contributed by atoms with Gasteiger partial charge in [-0.05, 0) is 6.92 Å². The Morgan fingerprint density at radius 3 is 2.67 bits per heavy atom. The average molecular weight is 368 g/mol. The van der Waals surface area contributed by atoms with Crippen LogP contribution in [-0.4, -0.2) is 39.1 Å². The predicted octanol–water partition coefficient (Wildman–Crippen LogP) is -2.57. The molecule has 0 fully saturated rings. The van der Waals surface area contributed by atoms with Crippen molar-refractivity contribution in [1.29, 1.82) is 0 Å². The number of nitrogens with one attached hydrogen (secondary N) is 3. The minimum atomic E-state index is -0.446. The highest BCUT2D eigenvalue weighted by molar-refractivity contribution is 5.73. The molecule has 2 aromatic heterocycles. The first-order chi connectivity index (χ1) is 12.9. The third kappa shape index (κ3) is 2.09. The van der Waals surface area contributed by atoms with Gasteiger partial charge in [0.15, 0.2) is 22.4 Å². The molecule has 5 rings (SSSR count). The molecule has 7 N–H and O–H groups in total. The van der Waals surface area contributed by atoms with Crippen LogP contribution in [0.1, 0.15) is 6.92 Å². The summed E-state index contributed by atoms with van der Waals surface area (Å²) in [7, 11) is 0. The second-order valence-corrected chi connectivity index (χ2v) is 6.62. The van der Waals surface area contributed by atoms with Crippen molar-refractivity contribution < 1.29 is 0 Å². The first kappa shape index (κ1) is 15.5. The summed E-state index contributed by atoms with van der Waals surface area (Å²) in [5.74, 6) is 0.360. The van der Waals surface area contributed by atoms with Crippen LogP contribution in [-0.2, 0) is 0 Å². The molecular formula is C15H16N10O2. The van der Waals surface area contributed by atoms with Crippen LogP contribution < -0.4 is 43.6 Å². The number of nitrogens with two attached hydrogens (primary N) is 2. The number of H-pyrrole nitrogens is 2. The number of rotatable bonds is 0. The van der Waals surface area contributed by atoms with Gasteiger partial charge in [-0.1, -0.05) is 0 Å². The molecule has 0 unspecified atom stereocenters. The Hall–Kier alpha value is -3.70. The van der Waals surface area contributed by atoms with Gasteiger partial charge in [0.05, 0.1) is 18.3 Å². The monoisotopic (exact) mass is 368 g/mol. The van der Waals surface area contributed by atoms with Crippen molar-refractivity contribution in [3.8, 4) is 0 Å². The highest BCUT2D eigenvalue weighted by Gasteiger charge is 2.44. The van der Waals surface area contributed by atoms with Crippen LogP contribution in [0.15, 0.2) is 31.0 Å². The molecule has 3 aliphatic rings. The zero-order valence-electron chi connectivity index (χ0n) is 14.3. The number of fused-ring (bicyclic) bond motifs is 6. The Kier molecular flexibility index (Phi) is 2.97. The SMILES string of the molecule is CC1=C2N=c3c(nc(N)[nH]c3=O)=NC[C@H]2[C@@H]2CNc3nc(N)[nH]c(=O)c3N12. The van der Waals surface area contributed by atoms with Crippen LogP contribution in [0.5, 0.6) is 0 Å². The number of anilines is 4. The van der Waals surface area contributed by atoms with Crippen molar-refractivity contribution in [3.63, 3.8) is 0 Å². The number of aromatic amines is 2. The number of allylic oxidation sites excluding steroid dienone is 1. The van der Waals surface area contributed by atoms with E-state index in [0.717, 1.165) is 5.70 Å². The van der Waals surface area contributed by atoms with Crippen LogP contribution in [0.2, 0.25) is 0 Å². The summed E-state index contributed by atoms with van der Waals surface area (Å²) in [6.07, 6.45) is 0. The molecule has 0 saturated heterocycles. The van der Waals surface area contributed by atoms with Gasteiger partial charge in [0.25, 0.3) is 11.1 Å². The van der Waals surface area contributed by atoms with E-state index in [-0.39, 0.29) is 40.3 Å². The molecule has 0 saturated carbocycles. The topological polar surface area (TPSA) is 184 Å². The zero-order chi connectivity index (χ0) is 18.9.